The maximum absolute atomic E-state index is 10.5. The minimum absolute atomic E-state index is 0.0535. The summed E-state index contributed by atoms with van der Waals surface area (Å²) >= 11 is 5.17. The van der Waals surface area contributed by atoms with Gasteiger partial charge in [-0.15, -0.1) is 5.11 Å². The van der Waals surface area contributed by atoms with Crippen molar-refractivity contribution in [3.63, 3.8) is 0 Å². The number of hydrogen-bond acceptors (Lipinski definition) is 3. The van der Waals surface area contributed by atoms with E-state index in [2.05, 4.69) is 10.3 Å². The fourth-order valence-corrected chi connectivity index (χ4v) is 1.01. The van der Waals surface area contributed by atoms with Crippen molar-refractivity contribution in [1.29, 1.82) is 0 Å². The molecule has 0 aliphatic rings. The predicted molar refractivity (Wildman–Crippen MR) is 54.4 cm³/mol. The van der Waals surface area contributed by atoms with E-state index in [1.54, 1.807) is 7.05 Å². The van der Waals surface area contributed by atoms with Gasteiger partial charge in [-0.3, -0.25) is 9.80 Å². The number of carbonyl (C=O) groups is 1. The third-order valence-corrected chi connectivity index (χ3v) is 1.54. The molecule has 0 aromatic heterocycles. The molecule has 0 saturated carbocycles. The molecule has 1 rings (SSSR count). The van der Waals surface area contributed by atoms with E-state index >= 15 is 0 Å². The van der Waals surface area contributed by atoms with Crippen molar-refractivity contribution < 1.29 is 4.79 Å². The van der Waals surface area contributed by atoms with E-state index in [4.69, 9.17) is 11.6 Å². The van der Waals surface area contributed by atoms with Gasteiger partial charge in [-0.05, 0) is 23.7 Å². The van der Waals surface area contributed by atoms with Gasteiger partial charge in [-0.25, -0.2) is 0 Å². The van der Waals surface area contributed by atoms with Crippen LogP contribution in [-0.4, -0.2) is 23.8 Å². The Kier molecular flexibility index (Phi) is 4.07. The van der Waals surface area contributed by atoms with Crippen LogP contribution in [0.3, 0.4) is 0 Å². The Morgan fingerprint density at radius 3 is 2.64 bits per heavy atom. The number of halogens is 1. The van der Waals surface area contributed by atoms with Crippen LogP contribution >= 0.6 is 11.6 Å². The van der Waals surface area contributed by atoms with Crippen molar-refractivity contribution in [3.05, 3.63) is 30.3 Å². The third kappa shape index (κ3) is 4.00. The van der Waals surface area contributed by atoms with Gasteiger partial charge >= 0.3 is 0 Å². The first-order chi connectivity index (χ1) is 6.68. The molecule has 0 N–H and O–H groups in total. The Labute approximate surface area is 87.2 Å². The zero-order valence-corrected chi connectivity index (χ0v) is 8.48. The SMILES string of the molecule is CN(CC(=O)Cl)N=Nc1ccccc1. The summed E-state index contributed by atoms with van der Waals surface area (Å²) in [5.74, 6) is 0. The van der Waals surface area contributed by atoms with Gasteiger partial charge in [0.05, 0.1) is 5.69 Å². The lowest BCUT2D eigenvalue weighted by molar-refractivity contribution is -0.112. The van der Waals surface area contributed by atoms with Crippen molar-refractivity contribution in [3.8, 4) is 0 Å². The van der Waals surface area contributed by atoms with Gasteiger partial charge in [0.15, 0.2) is 0 Å². The molecule has 0 unspecified atom stereocenters. The zero-order chi connectivity index (χ0) is 10.4. The van der Waals surface area contributed by atoms with Gasteiger partial charge in [-0.2, -0.15) is 0 Å². The third-order valence-electron chi connectivity index (χ3n) is 1.42. The topological polar surface area (TPSA) is 45.0 Å². The maximum atomic E-state index is 10.5. The number of nitrogens with zero attached hydrogens (tertiary/aromatic N) is 3. The molecule has 14 heavy (non-hydrogen) atoms. The highest BCUT2D eigenvalue weighted by molar-refractivity contribution is 6.64. The molecule has 5 heteroatoms. The standard InChI is InChI=1S/C9H10ClN3O/c1-13(7-9(10)14)12-11-8-5-3-2-4-6-8/h2-6H,7H2,1H3. The van der Waals surface area contributed by atoms with Crippen LogP contribution in [0.2, 0.25) is 0 Å². The highest BCUT2D eigenvalue weighted by atomic mass is 35.5. The first kappa shape index (κ1) is 10.7. The number of benzene rings is 1. The molecular formula is C9H10ClN3O. The second kappa shape index (κ2) is 5.34. The molecule has 4 nitrogen and oxygen atoms in total. The van der Waals surface area contributed by atoms with Crippen LogP contribution in [0.1, 0.15) is 0 Å². The Balaban J connectivity index is 2.52. The van der Waals surface area contributed by atoms with Gasteiger partial charge in [0, 0.05) is 7.05 Å². The molecule has 0 aliphatic carbocycles. The lowest BCUT2D eigenvalue weighted by Gasteiger charge is -2.06. The average molecular weight is 212 g/mol. The molecule has 0 bridgehead atoms. The molecule has 0 amide bonds. The number of hydrogen-bond donors (Lipinski definition) is 0. The van der Waals surface area contributed by atoms with E-state index in [9.17, 15) is 4.79 Å². The van der Waals surface area contributed by atoms with Gasteiger partial charge in [0.2, 0.25) is 5.24 Å². The first-order valence-corrected chi connectivity index (χ1v) is 4.42. The molecule has 0 spiro atoms. The van der Waals surface area contributed by atoms with Gasteiger partial charge < -0.3 is 0 Å². The van der Waals surface area contributed by atoms with Gasteiger partial charge in [0.1, 0.15) is 6.54 Å². The maximum Gasteiger partial charge on any atom is 0.242 e. The molecule has 0 radical (unpaired) electrons. The highest BCUT2D eigenvalue weighted by Crippen LogP contribution is 2.10. The molecule has 0 atom stereocenters. The summed E-state index contributed by atoms with van der Waals surface area (Å²) in [5.41, 5.74) is 0.737. The Hall–Kier alpha value is -1.42. The summed E-state index contributed by atoms with van der Waals surface area (Å²) in [6, 6.07) is 9.26. The Morgan fingerprint density at radius 2 is 2.07 bits per heavy atom. The van der Waals surface area contributed by atoms with Crippen molar-refractivity contribution in [1.82, 2.24) is 5.01 Å². The van der Waals surface area contributed by atoms with Gasteiger partial charge in [-0.1, -0.05) is 23.4 Å². The van der Waals surface area contributed by atoms with Crippen molar-refractivity contribution in [2.24, 2.45) is 10.3 Å². The van der Waals surface area contributed by atoms with E-state index in [-0.39, 0.29) is 6.54 Å². The normalized spacial score (nSPS) is 10.4. The highest BCUT2D eigenvalue weighted by Gasteiger charge is 1.99. The molecule has 0 heterocycles. The summed E-state index contributed by atoms with van der Waals surface area (Å²) in [4.78, 5) is 10.5. The Bertz CT molecular complexity index is 326. The zero-order valence-electron chi connectivity index (χ0n) is 7.72. The minimum Gasteiger partial charge on any atom is -0.279 e. The fraction of sp³-hybridized carbons (Fsp3) is 0.222. The lowest BCUT2D eigenvalue weighted by Crippen LogP contribution is -2.16. The second-order valence-corrected chi connectivity index (χ2v) is 3.12. The van der Waals surface area contributed by atoms with Crippen LogP contribution in [0.5, 0.6) is 0 Å². The number of carbonyl (C=O) groups excluding carboxylic acids is 1. The number of likely N-dealkylation sites (N-methyl/N-ethyl adjacent to an activating group) is 1. The van der Waals surface area contributed by atoms with Crippen LogP contribution in [0.4, 0.5) is 5.69 Å². The second-order valence-electron chi connectivity index (χ2n) is 2.70. The van der Waals surface area contributed by atoms with E-state index in [0.717, 1.165) is 5.69 Å². The monoisotopic (exact) mass is 211 g/mol. The molecule has 0 saturated heterocycles. The van der Waals surface area contributed by atoms with Crippen LogP contribution in [-0.2, 0) is 4.79 Å². The van der Waals surface area contributed by atoms with Crippen molar-refractivity contribution in [2.45, 2.75) is 0 Å². The smallest absolute Gasteiger partial charge is 0.242 e. The summed E-state index contributed by atoms with van der Waals surface area (Å²) in [6.07, 6.45) is 0. The van der Waals surface area contributed by atoms with Crippen molar-refractivity contribution >= 4 is 22.5 Å². The van der Waals surface area contributed by atoms with Crippen molar-refractivity contribution in [2.75, 3.05) is 13.6 Å². The molecule has 1 aromatic carbocycles. The van der Waals surface area contributed by atoms with E-state index in [0.29, 0.717) is 0 Å². The van der Waals surface area contributed by atoms with Crippen LogP contribution in [0.25, 0.3) is 0 Å². The molecule has 74 valence electrons. The quantitative estimate of drug-likeness (QED) is 0.436. The molecule has 0 aliphatic heterocycles. The average Bonchev–Trinajstić information content (AvgIpc) is 2.15. The van der Waals surface area contributed by atoms with E-state index in [1.807, 2.05) is 30.3 Å². The number of rotatable bonds is 4. The minimum atomic E-state index is -0.459. The molecular weight excluding hydrogens is 202 g/mol. The summed E-state index contributed by atoms with van der Waals surface area (Å²) in [5, 5.41) is 8.61. The molecule has 0 fully saturated rings. The van der Waals surface area contributed by atoms with E-state index < -0.39 is 5.24 Å². The Morgan fingerprint density at radius 1 is 1.43 bits per heavy atom. The summed E-state index contributed by atoms with van der Waals surface area (Å²) < 4.78 is 0. The van der Waals surface area contributed by atoms with Crippen LogP contribution in [0, 0.1) is 0 Å². The first-order valence-electron chi connectivity index (χ1n) is 4.04. The fourth-order valence-electron chi connectivity index (χ4n) is 0.834. The van der Waals surface area contributed by atoms with E-state index in [1.165, 1.54) is 5.01 Å². The largest absolute Gasteiger partial charge is 0.279 e. The molecule has 1 aromatic rings. The van der Waals surface area contributed by atoms with Gasteiger partial charge in [0.25, 0.3) is 0 Å². The van der Waals surface area contributed by atoms with Crippen LogP contribution in [0.15, 0.2) is 40.7 Å². The summed E-state index contributed by atoms with van der Waals surface area (Å²) in [6.45, 7) is 0.0535. The summed E-state index contributed by atoms with van der Waals surface area (Å²) in [7, 11) is 1.63. The predicted octanol–water partition coefficient (Wildman–Crippen LogP) is 2.38. The lowest BCUT2D eigenvalue weighted by atomic mass is 10.3. The van der Waals surface area contributed by atoms with Crippen LogP contribution < -0.4 is 0 Å².